The van der Waals surface area contributed by atoms with Crippen molar-refractivity contribution in [2.45, 2.75) is 69.5 Å². The number of nitrogens with zero attached hydrogens (tertiary/aromatic N) is 3. The molecule has 1 saturated heterocycles. The third-order valence-electron chi connectivity index (χ3n) is 11.6. The van der Waals surface area contributed by atoms with Crippen molar-refractivity contribution in [2.75, 3.05) is 57.7 Å². The van der Waals surface area contributed by atoms with Gasteiger partial charge in [0.15, 0.2) is 0 Å². The van der Waals surface area contributed by atoms with E-state index in [1.807, 2.05) is 32.0 Å². The van der Waals surface area contributed by atoms with Crippen molar-refractivity contribution in [2.24, 2.45) is 22.1 Å². The maximum atomic E-state index is 14.5. The molecule has 1 N–H and O–H groups in total. The number of methoxy groups -OCH3 is 2. The number of rotatable bonds is 3. The molecule has 10 nitrogen and oxygen atoms in total. The molecule has 3 aliphatic heterocycles. The van der Waals surface area contributed by atoms with Gasteiger partial charge in [0.25, 0.3) is 5.91 Å². The summed E-state index contributed by atoms with van der Waals surface area (Å²) in [5.74, 6) is 0.722. The number of benzene rings is 2. The molecule has 2 aromatic rings. The Morgan fingerprint density at radius 2 is 1.96 bits per heavy atom. The van der Waals surface area contributed by atoms with Gasteiger partial charge in [0.1, 0.15) is 21.3 Å². The molecule has 12 heteroatoms. The Balaban J connectivity index is 1.27. The van der Waals surface area contributed by atoms with Crippen LogP contribution in [0.15, 0.2) is 52.9 Å². The molecule has 2 aromatic carbocycles. The van der Waals surface area contributed by atoms with Crippen LogP contribution in [-0.4, -0.2) is 85.5 Å². The lowest BCUT2D eigenvalue weighted by Gasteiger charge is -2.46. The fraction of sp³-hybridized carbons (Fsp3) is 0.579. The van der Waals surface area contributed by atoms with E-state index in [-0.39, 0.29) is 23.2 Å². The summed E-state index contributed by atoms with van der Waals surface area (Å²) in [6, 6.07) is 11.1. The molecule has 2 aliphatic carbocycles. The summed E-state index contributed by atoms with van der Waals surface area (Å²) in [4.78, 5) is 31.2. The molecule has 2 fully saturated rings. The van der Waals surface area contributed by atoms with E-state index in [1.165, 1.54) is 16.0 Å². The number of allylic oxidation sites excluding steroid dienone is 1. The first-order valence-electron chi connectivity index (χ1n) is 17.8. The van der Waals surface area contributed by atoms with Crippen molar-refractivity contribution in [1.82, 2.24) is 9.62 Å². The van der Waals surface area contributed by atoms with Gasteiger partial charge >= 0.3 is 6.03 Å². The Hall–Kier alpha value is -3.12. The van der Waals surface area contributed by atoms with Crippen molar-refractivity contribution in [1.29, 1.82) is 0 Å². The molecule has 50 heavy (non-hydrogen) atoms. The molecule has 270 valence electrons. The number of hydrogen-bond donors (Lipinski definition) is 1. The first kappa shape index (κ1) is 35.3. The highest BCUT2D eigenvalue weighted by atomic mass is 35.5. The van der Waals surface area contributed by atoms with E-state index in [9.17, 15) is 13.8 Å². The number of nitrogens with one attached hydrogen (secondary N) is 1. The highest BCUT2D eigenvalue weighted by Crippen LogP contribution is 2.47. The van der Waals surface area contributed by atoms with E-state index in [4.69, 9.17) is 25.8 Å². The molecular weight excluding hydrogens is 676 g/mol. The number of aryl methyl sites for hydroxylation is 1. The van der Waals surface area contributed by atoms with E-state index in [2.05, 4.69) is 38.3 Å². The summed E-state index contributed by atoms with van der Waals surface area (Å²) < 4.78 is 39.6. The summed E-state index contributed by atoms with van der Waals surface area (Å²) >= 11 is 6.45. The number of carbonyl (C=O) groups is 2. The first-order chi connectivity index (χ1) is 23.9. The predicted molar refractivity (Wildman–Crippen MR) is 195 cm³/mol. The predicted octanol–water partition coefficient (Wildman–Crippen LogP) is 6.40. The summed E-state index contributed by atoms with van der Waals surface area (Å²) in [5, 5.41) is 0.743. The SMILES string of the molecule is CO[C@H]1/C=C/C[C@H](C)C[S@@](=O)(NC(=O)N2CC(C)(OC)C2)=NC(=O)c2ccc3c(c2)N(CC2CC[C@H]21)C[C@@]1(CCCc2cc(Cl)ccc21)CO3. The smallest absolute Gasteiger partial charge is 0.330 e. The molecule has 1 saturated carbocycles. The zero-order valence-corrected chi connectivity index (χ0v) is 31.1. The van der Waals surface area contributed by atoms with Crippen LogP contribution < -0.4 is 14.4 Å². The molecule has 1 spiro atoms. The minimum Gasteiger partial charge on any atom is -0.490 e. The Labute approximate surface area is 301 Å². The Morgan fingerprint density at radius 3 is 2.70 bits per heavy atom. The van der Waals surface area contributed by atoms with Gasteiger partial charge in [-0.3, -0.25) is 9.52 Å². The first-order valence-corrected chi connectivity index (χ1v) is 19.9. The molecule has 3 heterocycles. The summed E-state index contributed by atoms with van der Waals surface area (Å²) in [6.07, 6.45) is 9.93. The average molecular weight is 725 g/mol. The number of likely N-dealkylation sites (tertiary alicyclic amines) is 1. The number of ether oxygens (including phenoxy) is 3. The zero-order chi connectivity index (χ0) is 35.3. The third-order valence-corrected chi connectivity index (χ3v) is 13.8. The van der Waals surface area contributed by atoms with Crippen LogP contribution in [0.4, 0.5) is 10.5 Å². The van der Waals surface area contributed by atoms with Crippen LogP contribution in [0.3, 0.4) is 0 Å². The second-order valence-corrected chi connectivity index (χ2v) is 17.8. The van der Waals surface area contributed by atoms with Crippen LogP contribution in [0.1, 0.15) is 67.4 Å². The Bertz CT molecular complexity index is 1800. The molecule has 5 aliphatic rings. The molecule has 3 amide bonds. The molecule has 1 unspecified atom stereocenters. The van der Waals surface area contributed by atoms with Crippen molar-refractivity contribution in [3.63, 3.8) is 0 Å². The average Bonchev–Trinajstić information content (AvgIpc) is 3.20. The molecule has 0 aromatic heterocycles. The largest absolute Gasteiger partial charge is 0.490 e. The van der Waals surface area contributed by atoms with Gasteiger partial charge in [-0.2, -0.15) is 0 Å². The summed E-state index contributed by atoms with van der Waals surface area (Å²) in [5.41, 5.74) is 2.98. The van der Waals surface area contributed by atoms with Crippen LogP contribution >= 0.6 is 11.6 Å². The van der Waals surface area contributed by atoms with Crippen LogP contribution in [-0.2, 0) is 31.2 Å². The van der Waals surface area contributed by atoms with E-state index < -0.39 is 27.5 Å². The third kappa shape index (κ3) is 6.90. The standard InChI is InChI=1S/C38H49ClN4O6S/c1-25-7-5-9-33(47-3)30-13-10-28(30)19-42-23-38(16-6-8-26-17-29(39)12-14-31(26)38)24-49-34-15-11-27(18-32(34)42)35(44)40-50(46,20-25)41-36(45)43-21-37(2,22-43)48-4/h5,9,11-12,14-15,17-18,25,28,30,33H,6-8,10,13,16,19-24H2,1-4H3,(H,40,41,44,45,46)/b9-5+/t25-,28?,30+,33-,38-,50-/m0/s1. The number of carbonyl (C=O) groups excluding carboxylic acids is 2. The van der Waals surface area contributed by atoms with Crippen LogP contribution in [0.2, 0.25) is 5.02 Å². The van der Waals surface area contributed by atoms with Crippen molar-refractivity contribution in [3.05, 3.63) is 70.3 Å². The highest BCUT2D eigenvalue weighted by molar-refractivity contribution is 7.92. The van der Waals surface area contributed by atoms with Gasteiger partial charge in [0, 0.05) is 43.3 Å². The van der Waals surface area contributed by atoms with Crippen LogP contribution in [0, 0.1) is 17.8 Å². The van der Waals surface area contributed by atoms with Gasteiger partial charge < -0.3 is 24.0 Å². The zero-order valence-electron chi connectivity index (χ0n) is 29.5. The molecule has 2 bridgehead atoms. The fourth-order valence-electron chi connectivity index (χ4n) is 8.60. The normalized spacial score (nSPS) is 32.6. The number of amides is 3. The van der Waals surface area contributed by atoms with Gasteiger partial charge in [0.05, 0.1) is 37.2 Å². The van der Waals surface area contributed by atoms with E-state index in [0.717, 1.165) is 55.9 Å². The summed E-state index contributed by atoms with van der Waals surface area (Å²) in [7, 11) is -0.110. The van der Waals surface area contributed by atoms with Gasteiger partial charge in [0.2, 0.25) is 0 Å². The minimum absolute atomic E-state index is 0.0278. The van der Waals surface area contributed by atoms with E-state index >= 15 is 0 Å². The molecule has 7 rings (SSSR count). The lowest BCUT2D eigenvalue weighted by atomic mass is 9.68. The fourth-order valence-corrected chi connectivity index (χ4v) is 10.7. The van der Waals surface area contributed by atoms with E-state index in [1.54, 1.807) is 20.3 Å². The van der Waals surface area contributed by atoms with Crippen molar-refractivity contribution < 1.29 is 28.0 Å². The quantitative estimate of drug-likeness (QED) is 0.365. The van der Waals surface area contributed by atoms with Gasteiger partial charge in [-0.15, -0.1) is 4.36 Å². The number of halogens is 1. The number of hydrogen-bond acceptors (Lipinski definition) is 7. The molecule has 0 radical (unpaired) electrons. The number of urea groups is 1. The number of anilines is 1. The second-order valence-electron chi connectivity index (χ2n) is 15.4. The highest BCUT2D eigenvalue weighted by Gasteiger charge is 2.45. The minimum atomic E-state index is -3.48. The molecule has 6 atom stereocenters. The van der Waals surface area contributed by atoms with Gasteiger partial charge in [-0.1, -0.05) is 36.7 Å². The topological polar surface area (TPSA) is 110 Å². The van der Waals surface area contributed by atoms with Crippen molar-refractivity contribution >= 4 is 39.1 Å². The maximum Gasteiger partial charge on any atom is 0.330 e. The number of fused-ring (bicyclic) bond motifs is 4. The molecular formula is C38H49ClN4O6S. The van der Waals surface area contributed by atoms with E-state index in [0.29, 0.717) is 49.3 Å². The van der Waals surface area contributed by atoms with Crippen molar-refractivity contribution in [3.8, 4) is 5.75 Å². The summed E-state index contributed by atoms with van der Waals surface area (Å²) in [6.45, 7) is 6.61. The Kier molecular flexibility index (Phi) is 9.73. The maximum absolute atomic E-state index is 14.5. The van der Waals surface area contributed by atoms with Gasteiger partial charge in [-0.05, 0) is 105 Å². The van der Waals surface area contributed by atoms with Crippen LogP contribution in [0.5, 0.6) is 5.75 Å². The lowest BCUT2D eigenvalue weighted by Crippen LogP contribution is -2.65. The Morgan fingerprint density at radius 1 is 1.14 bits per heavy atom. The second kappa shape index (κ2) is 13.8. The van der Waals surface area contributed by atoms with Crippen LogP contribution in [0.25, 0.3) is 0 Å². The monoisotopic (exact) mass is 724 g/mol. The van der Waals surface area contributed by atoms with Gasteiger partial charge in [-0.25, -0.2) is 9.00 Å². The lowest BCUT2D eigenvalue weighted by molar-refractivity contribution is -0.0902.